The topological polar surface area (TPSA) is 123 Å². The molecule has 1 unspecified atom stereocenters. The standard InChI is InChI=1S/C22H36N4O5S/c1-2-3-16-32(30,31)24-20(21(27)28)22(29)8-4-18(5-9-22)17-25-12-14-26(15-13-25)19-6-10-23-11-7-19/h6-7,10-11,18,20,24,29H,2-5,8-9,12-17H2,1H3,(H,27,28). The molecule has 1 aliphatic heterocycles. The lowest BCUT2D eigenvalue weighted by Crippen LogP contribution is -2.59. The van der Waals surface area contributed by atoms with E-state index in [0.29, 0.717) is 31.6 Å². The van der Waals surface area contributed by atoms with Gasteiger partial charge in [-0.25, -0.2) is 8.42 Å². The highest BCUT2D eigenvalue weighted by Gasteiger charge is 2.46. The monoisotopic (exact) mass is 468 g/mol. The molecule has 180 valence electrons. The number of unbranched alkanes of at least 4 members (excludes halogenated alkanes) is 1. The Labute approximate surface area is 190 Å². The summed E-state index contributed by atoms with van der Waals surface area (Å²) in [5.41, 5.74) is -0.370. The van der Waals surface area contributed by atoms with Gasteiger partial charge in [-0.2, -0.15) is 4.72 Å². The molecule has 1 saturated carbocycles. The number of aliphatic carboxylic acids is 1. The second-order valence-electron chi connectivity index (χ2n) is 9.10. The molecule has 1 aromatic rings. The predicted octanol–water partition coefficient (Wildman–Crippen LogP) is 1.30. The first-order valence-corrected chi connectivity index (χ1v) is 13.2. The number of aromatic nitrogens is 1. The average molecular weight is 469 g/mol. The van der Waals surface area contributed by atoms with E-state index in [9.17, 15) is 23.4 Å². The first kappa shape index (κ1) is 24.9. The summed E-state index contributed by atoms with van der Waals surface area (Å²) < 4.78 is 26.7. The van der Waals surface area contributed by atoms with E-state index in [2.05, 4.69) is 19.5 Å². The zero-order chi connectivity index (χ0) is 23.2. The van der Waals surface area contributed by atoms with Crippen molar-refractivity contribution in [3.63, 3.8) is 0 Å². The maximum atomic E-state index is 12.2. The van der Waals surface area contributed by atoms with Crippen molar-refractivity contribution in [3.05, 3.63) is 24.5 Å². The Bertz CT molecular complexity index is 835. The molecule has 2 heterocycles. The van der Waals surface area contributed by atoms with E-state index in [1.54, 1.807) is 12.4 Å². The van der Waals surface area contributed by atoms with Gasteiger partial charge < -0.3 is 15.1 Å². The van der Waals surface area contributed by atoms with Gasteiger partial charge in [0.1, 0.15) is 6.04 Å². The second kappa shape index (κ2) is 10.9. The molecule has 0 spiro atoms. The predicted molar refractivity (Wildman–Crippen MR) is 123 cm³/mol. The van der Waals surface area contributed by atoms with Crippen LogP contribution in [0, 0.1) is 5.92 Å². The zero-order valence-electron chi connectivity index (χ0n) is 18.8. The molecule has 1 aliphatic carbocycles. The van der Waals surface area contributed by atoms with E-state index in [0.717, 1.165) is 32.7 Å². The third kappa shape index (κ3) is 6.63. The molecule has 2 fully saturated rings. The Kier molecular flexibility index (Phi) is 8.49. The molecular formula is C22H36N4O5S. The summed E-state index contributed by atoms with van der Waals surface area (Å²) in [6, 6.07) is 2.54. The number of nitrogens with one attached hydrogen (secondary N) is 1. The van der Waals surface area contributed by atoms with Crippen molar-refractivity contribution in [1.29, 1.82) is 0 Å². The lowest BCUT2D eigenvalue weighted by atomic mass is 9.75. The lowest BCUT2D eigenvalue weighted by molar-refractivity contribution is -0.148. The third-order valence-corrected chi connectivity index (χ3v) is 8.16. The normalized spacial score (nSPS) is 26.1. The summed E-state index contributed by atoms with van der Waals surface area (Å²) in [7, 11) is -3.75. The van der Waals surface area contributed by atoms with Crippen molar-refractivity contribution >= 4 is 21.7 Å². The Morgan fingerprint density at radius 1 is 1.22 bits per heavy atom. The van der Waals surface area contributed by atoms with Crippen LogP contribution in [0.25, 0.3) is 0 Å². The molecule has 0 radical (unpaired) electrons. The van der Waals surface area contributed by atoms with Gasteiger partial charge >= 0.3 is 5.97 Å². The number of carboxylic acid groups (broad SMARTS) is 1. The number of rotatable bonds is 10. The Morgan fingerprint density at radius 3 is 2.41 bits per heavy atom. The molecule has 1 atom stereocenters. The van der Waals surface area contributed by atoms with Crippen LogP contribution in [0.5, 0.6) is 0 Å². The number of sulfonamides is 1. The van der Waals surface area contributed by atoms with E-state index in [1.807, 2.05) is 19.1 Å². The molecule has 10 heteroatoms. The smallest absolute Gasteiger partial charge is 0.324 e. The number of piperazine rings is 1. The van der Waals surface area contributed by atoms with Crippen molar-refractivity contribution in [2.75, 3.05) is 43.4 Å². The van der Waals surface area contributed by atoms with Gasteiger partial charge in [0.05, 0.1) is 11.4 Å². The Hall–Kier alpha value is -1.75. The molecule has 1 saturated heterocycles. The molecule has 0 aromatic carbocycles. The molecular weight excluding hydrogens is 432 g/mol. The Balaban J connectivity index is 1.49. The molecule has 0 bridgehead atoms. The number of carboxylic acids is 1. The fourth-order valence-electron chi connectivity index (χ4n) is 4.72. The number of hydrogen-bond acceptors (Lipinski definition) is 7. The average Bonchev–Trinajstić information content (AvgIpc) is 2.79. The number of anilines is 1. The van der Waals surface area contributed by atoms with Gasteiger partial charge in [0.2, 0.25) is 10.0 Å². The molecule has 1 aromatic heterocycles. The van der Waals surface area contributed by atoms with Gasteiger partial charge in [0.15, 0.2) is 0 Å². The summed E-state index contributed by atoms with van der Waals surface area (Å²) in [5, 5.41) is 20.7. The van der Waals surface area contributed by atoms with Crippen LogP contribution in [0.1, 0.15) is 45.4 Å². The van der Waals surface area contributed by atoms with Crippen LogP contribution in [0.15, 0.2) is 24.5 Å². The zero-order valence-corrected chi connectivity index (χ0v) is 19.6. The van der Waals surface area contributed by atoms with Crippen LogP contribution >= 0.6 is 0 Å². The maximum absolute atomic E-state index is 12.2. The van der Waals surface area contributed by atoms with E-state index >= 15 is 0 Å². The van der Waals surface area contributed by atoms with Gasteiger partial charge in [0.25, 0.3) is 0 Å². The number of pyridine rings is 1. The van der Waals surface area contributed by atoms with Gasteiger partial charge in [-0.05, 0) is 50.2 Å². The van der Waals surface area contributed by atoms with E-state index in [1.165, 1.54) is 5.69 Å². The largest absolute Gasteiger partial charge is 0.480 e. The first-order valence-electron chi connectivity index (χ1n) is 11.5. The van der Waals surface area contributed by atoms with Gasteiger partial charge in [-0.15, -0.1) is 0 Å². The number of hydrogen-bond donors (Lipinski definition) is 3. The SMILES string of the molecule is CCCCS(=O)(=O)NC(C(=O)O)C1(O)CCC(CN2CCN(c3ccncc3)CC2)CC1. The summed E-state index contributed by atoms with van der Waals surface area (Å²) in [4.78, 5) is 20.6. The van der Waals surface area contributed by atoms with Crippen LogP contribution in [0.4, 0.5) is 5.69 Å². The van der Waals surface area contributed by atoms with Gasteiger partial charge in [0, 0.05) is 50.8 Å². The molecule has 32 heavy (non-hydrogen) atoms. The highest BCUT2D eigenvalue weighted by atomic mass is 32.2. The molecule has 3 N–H and O–H groups in total. The molecule has 9 nitrogen and oxygen atoms in total. The van der Waals surface area contributed by atoms with Crippen molar-refractivity contribution < 1.29 is 23.4 Å². The number of aliphatic hydroxyl groups is 1. The lowest BCUT2D eigenvalue weighted by Gasteiger charge is -2.42. The fraction of sp³-hybridized carbons (Fsp3) is 0.727. The molecule has 0 amide bonds. The van der Waals surface area contributed by atoms with E-state index in [-0.39, 0.29) is 18.6 Å². The van der Waals surface area contributed by atoms with Crippen LogP contribution in [-0.2, 0) is 14.8 Å². The van der Waals surface area contributed by atoms with Crippen molar-refractivity contribution in [1.82, 2.24) is 14.6 Å². The highest BCUT2D eigenvalue weighted by molar-refractivity contribution is 7.89. The molecule has 2 aliphatic rings. The minimum Gasteiger partial charge on any atom is -0.480 e. The number of carbonyl (C=O) groups is 1. The van der Waals surface area contributed by atoms with E-state index in [4.69, 9.17) is 0 Å². The van der Waals surface area contributed by atoms with Crippen LogP contribution in [-0.4, -0.2) is 84.6 Å². The van der Waals surface area contributed by atoms with Gasteiger partial charge in [-0.1, -0.05) is 13.3 Å². The summed E-state index contributed by atoms with van der Waals surface area (Å²) in [5.74, 6) is -1.08. The fourth-order valence-corrected chi connectivity index (χ4v) is 6.19. The highest BCUT2D eigenvalue weighted by Crippen LogP contribution is 2.35. The minimum absolute atomic E-state index is 0.128. The third-order valence-electron chi connectivity index (χ3n) is 6.74. The van der Waals surface area contributed by atoms with Crippen molar-refractivity contribution in [3.8, 4) is 0 Å². The molecule has 3 rings (SSSR count). The maximum Gasteiger partial charge on any atom is 0.324 e. The van der Waals surface area contributed by atoms with Gasteiger partial charge in [-0.3, -0.25) is 14.7 Å². The van der Waals surface area contributed by atoms with Crippen molar-refractivity contribution in [2.45, 2.75) is 57.1 Å². The minimum atomic E-state index is -3.75. The summed E-state index contributed by atoms with van der Waals surface area (Å²) in [6.07, 6.45) is 6.68. The summed E-state index contributed by atoms with van der Waals surface area (Å²) in [6.45, 7) is 6.59. The van der Waals surface area contributed by atoms with Crippen LogP contribution < -0.4 is 9.62 Å². The van der Waals surface area contributed by atoms with Crippen LogP contribution in [0.3, 0.4) is 0 Å². The number of nitrogens with zero attached hydrogens (tertiary/aromatic N) is 3. The van der Waals surface area contributed by atoms with Crippen LogP contribution in [0.2, 0.25) is 0 Å². The van der Waals surface area contributed by atoms with Crippen molar-refractivity contribution in [2.24, 2.45) is 5.92 Å². The second-order valence-corrected chi connectivity index (χ2v) is 11.0. The quantitative estimate of drug-likeness (QED) is 0.470. The Morgan fingerprint density at radius 2 is 1.84 bits per heavy atom. The van der Waals surface area contributed by atoms with E-state index < -0.39 is 27.6 Å². The first-order chi connectivity index (χ1) is 15.2. The summed E-state index contributed by atoms with van der Waals surface area (Å²) >= 11 is 0.